The lowest BCUT2D eigenvalue weighted by atomic mass is 10.2. The highest BCUT2D eigenvalue weighted by atomic mass is 16.6. The number of carbonyl (C=O) groups excluding carboxylic acids is 1. The number of esters is 1. The summed E-state index contributed by atoms with van der Waals surface area (Å²) in [7, 11) is 0. The molecule has 94 valence electrons. The monoisotopic (exact) mass is 234 g/mol. The maximum atomic E-state index is 10.6. The number of aliphatic hydroxyl groups excluding tert-OH is 3. The van der Waals surface area contributed by atoms with Gasteiger partial charge in [0.1, 0.15) is 6.61 Å². The van der Waals surface area contributed by atoms with Crippen LogP contribution >= 0.6 is 0 Å². The van der Waals surface area contributed by atoms with E-state index in [1.54, 1.807) is 0 Å². The molecule has 0 aliphatic carbocycles. The third-order valence-electron chi connectivity index (χ3n) is 1.73. The van der Waals surface area contributed by atoms with Crippen molar-refractivity contribution in [2.75, 3.05) is 19.8 Å². The summed E-state index contributed by atoms with van der Waals surface area (Å²) >= 11 is 0. The number of carbonyl (C=O) groups is 1. The maximum Gasteiger partial charge on any atom is 0.330 e. The average molecular weight is 234 g/mol. The van der Waals surface area contributed by atoms with Crippen molar-refractivity contribution in [3.63, 3.8) is 0 Å². The molecule has 0 rings (SSSR count). The Bertz CT molecular complexity index is 205. The first-order valence-electron chi connectivity index (χ1n) is 4.98. The van der Waals surface area contributed by atoms with E-state index >= 15 is 0 Å². The third-order valence-corrected chi connectivity index (χ3v) is 1.73. The summed E-state index contributed by atoms with van der Waals surface area (Å²) in [5.74, 6) is -0.601. The standard InChI is InChI=1S/C10H18O6/c1-2-9(13)16-7-8(12)3-4-10(14)15-6-5-11/h2,8,10-12,14H,1,3-7H2. The van der Waals surface area contributed by atoms with E-state index in [4.69, 9.17) is 9.84 Å². The van der Waals surface area contributed by atoms with Gasteiger partial charge in [0, 0.05) is 12.5 Å². The highest BCUT2D eigenvalue weighted by Gasteiger charge is 2.10. The fraction of sp³-hybridized carbons (Fsp3) is 0.700. The molecule has 0 aromatic heterocycles. The summed E-state index contributed by atoms with van der Waals surface area (Å²) in [4.78, 5) is 10.6. The minimum absolute atomic E-state index is 0.0444. The number of hydrogen-bond donors (Lipinski definition) is 3. The molecule has 0 aliphatic rings. The molecule has 16 heavy (non-hydrogen) atoms. The molecule has 0 spiro atoms. The van der Waals surface area contributed by atoms with Crippen LogP contribution < -0.4 is 0 Å². The molecule has 0 heterocycles. The Hall–Kier alpha value is -0.950. The van der Waals surface area contributed by atoms with Crippen molar-refractivity contribution in [3.05, 3.63) is 12.7 Å². The number of ether oxygens (including phenoxy) is 2. The Labute approximate surface area is 94.1 Å². The van der Waals surface area contributed by atoms with Crippen LogP contribution in [0, 0.1) is 0 Å². The number of rotatable bonds is 9. The van der Waals surface area contributed by atoms with E-state index in [-0.39, 0.29) is 32.7 Å². The van der Waals surface area contributed by atoms with Crippen molar-refractivity contribution in [2.45, 2.75) is 25.2 Å². The molecule has 6 nitrogen and oxygen atoms in total. The first kappa shape index (κ1) is 15.0. The quantitative estimate of drug-likeness (QED) is 0.274. The van der Waals surface area contributed by atoms with Crippen LogP contribution in [-0.2, 0) is 14.3 Å². The normalized spacial score (nSPS) is 14.2. The molecule has 0 aliphatic heterocycles. The van der Waals surface area contributed by atoms with Gasteiger partial charge in [0.2, 0.25) is 0 Å². The summed E-state index contributed by atoms with van der Waals surface area (Å²) in [6.45, 7) is 2.94. The molecular weight excluding hydrogens is 216 g/mol. The lowest BCUT2D eigenvalue weighted by molar-refractivity contribution is -0.141. The second-order valence-corrected chi connectivity index (χ2v) is 3.11. The smallest absolute Gasteiger partial charge is 0.330 e. The lowest BCUT2D eigenvalue weighted by Crippen LogP contribution is -2.21. The van der Waals surface area contributed by atoms with E-state index in [9.17, 15) is 15.0 Å². The summed E-state index contributed by atoms with van der Waals surface area (Å²) < 4.78 is 9.36. The van der Waals surface area contributed by atoms with Gasteiger partial charge in [-0.15, -0.1) is 0 Å². The fourth-order valence-corrected chi connectivity index (χ4v) is 0.928. The molecule has 0 saturated carbocycles. The molecule has 0 radical (unpaired) electrons. The Balaban J connectivity index is 3.52. The summed E-state index contributed by atoms with van der Waals surface area (Å²) in [6.07, 6.45) is -0.441. The van der Waals surface area contributed by atoms with Gasteiger partial charge in [-0.3, -0.25) is 0 Å². The van der Waals surface area contributed by atoms with Crippen LogP contribution in [-0.4, -0.2) is 53.5 Å². The minimum atomic E-state index is -1.03. The zero-order valence-corrected chi connectivity index (χ0v) is 9.04. The Kier molecular flexibility index (Phi) is 8.74. The maximum absolute atomic E-state index is 10.6. The molecule has 0 aromatic rings. The number of hydrogen-bond acceptors (Lipinski definition) is 6. The van der Waals surface area contributed by atoms with E-state index in [0.717, 1.165) is 6.08 Å². The topological polar surface area (TPSA) is 96.2 Å². The van der Waals surface area contributed by atoms with Crippen molar-refractivity contribution < 1.29 is 29.6 Å². The second-order valence-electron chi connectivity index (χ2n) is 3.11. The van der Waals surface area contributed by atoms with Crippen LogP contribution in [0.4, 0.5) is 0 Å². The predicted molar refractivity (Wildman–Crippen MR) is 55.4 cm³/mol. The average Bonchev–Trinajstić information content (AvgIpc) is 2.30. The van der Waals surface area contributed by atoms with Crippen molar-refractivity contribution in [1.29, 1.82) is 0 Å². The van der Waals surface area contributed by atoms with Crippen LogP contribution in [0.2, 0.25) is 0 Å². The molecular formula is C10H18O6. The number of aliphatic hydroxyl groups is 3. The molecule has 2 atom stereocenters. The van der Waals surface area contributed by atoms with Gasteiger partial charge in [0.05, 0.1) is 19.3 Å². The first-order valence-corrected chi connectivity index (χ1v) is 4.98. The molecule has 3 N–H and O–H groups in total. The molecule has 0 saturated heterocycles. The van der Waals surface area contributed by atoms with E-state index in [1.165, 1.54) is 0 Å². The Morgan fingerprint density at radius 3 is 2.62 bits per heavy atom. The summed E-state index contributed by atoms with van der Waals surface area (Å²) in [6, 6.07) is 0. The van der Waals surface area contributed by atoms with Crippen LogP contribution in [0.1, 0.15) is 12.8 Å². The predicted octanol–water partition coefficient (Wildman–Crippen LogP) is -0.816. The van der Waals surface area contributed by atoms with Crippen molar-refractivity contribution in [3.8, 4) is 0 Å². The van der Waals surface area contributed by atoms with Crippen molar-refractivity contribution in [2.24, 2.45) is 0 Å². The van der Waals surface area contributed by atoms with Gasteiger partial charge in [-0.05, 0) is 6.42 Å². The second kappa shape index (κ2) is 9.29. The van der Waals surface area contributed by atoms with Gasteiger partial charge in [0.25, 0.3) is 0 Å². The van der Waals surface area contributed by atoms with Crippen LogP contribution in [0.3, 0.4) is 0 Å². The minimum Gasteiger partial charge on any atom is -0.460 e. The highest BCUT2D eigenvalue weighted by molar-refractivity contribution is 5.81. The highest BCUT2D eigenvalue weighted by Crippen LogP contribution is 2.03. The van der Waals surface area contributed by atoms with Gasteiger partial charge in [-0.25, -0.2) is 4.79 Å². The molecule has 0 aromatic carbocycles. The molecule has 0 fully saturated rings. The largest absolute Gasteiger partial charge is 0.460 e. The van der Waals surface area contributed by atoms with Gasteiger partial charge in [-0.2, -0.15) is 0 Å². The van der Waals surface area contributed by atoms with E-state index in [2.05, 4.69) is 11.3 Å². The summed E-state index contributed by atoms with van der Waals surface area (Å²) in [5.41, 5.74) is 0. The molecule has 0 bridgehead atoms. The van der Waals surface area contributed by atoms with E-state index < -0.39 is 18.4 Å². The van der Waals surface area contributed by atoms with Crippen LogP contribution in [0.25, 0.3) is 0 Å². The van der Waals surface area contributed by atoms with Gasteiger partial charge < -0.3 is 24.8 Å². The van der Waals surface area contributed by atoms with Gasteiger partial charge >= 0.3 is 5.97 Å². The zero-order chi connectivity index (χ0) is 12.4. The molecule has 0 amide bonds. The summed E-state index contributed by atoms with van der Waals surface area (Å²) in [5, 5.41) is 26.9. The Morgan fingerprint density at radius 1 is 1.38 bits per heavy atom. The molecule has 6 heteroatoms. The SMILES string of the molecule is C=CC(=O)OCC(O)CCC(O)OCCO. The van der Waals surface area contributed by atoms with Gasteiger partial charge in [0.15, 0.2) is 6.29 Å². The Morgan fingerprint density at radius 2 is 2.06 bits per heavy atom. The van der Waals surface area contributed by atoms with E-state index in [0.29, 0.717) is 0 Å². The van der Waals surface area contributed by atoms with Crippen LogP contribution in [0.5, 0.6) is 0 Å². The fourth-order valence-electron chi connectivity index (χ4n) is 0.928. The first-order chi connectivity index (χ1) is 7.60. The van der Waals surface area contributed by atoms with Crippen LogP contribution in [0.15, 0.2) is 12.7 Å². The van der Waals surface area contributed by atoms with E-state index in [1.807, 2.05) is 0 Å². The van der Waals surface area contributed by atoms with Crippen molar-refractivity contribution in [1.82, 2.24) is 0 Å². The van der Waals surface area contributed by atoms with Gasteiger partial charge in [-0.1, -0.05) is 6.58 Å². The molecule has 2 unspecified atom stereocenters. The van der Waals surface area contributed by atoms with Crippen molar-refractivity contribution >= 4 is 5.97 Å². The zero-order valence-electron chi connectivity index (χ0n) is 9.04. The third kappa shape index (κ3) is 8.37. The lowest BCUT2D eigenvalue weighted by Gasteiger charge is -2.14.